The number of nitrogens with one attached hydrogen (secondary N) is 2. The molecule has 7 heteroatoms. The number of hydrogen-bond acceptors (Lipinski definition) is 5. The molecule has 2 aromatic carbocycles. The van der Waals surface area contributed by atoms with E-state index in [9.17, 15) is 9.59 Å². The minimum Gasteiger partial charge on any atom is -0.353 e. The molecule has 0 spiro atoms. The second-order valence-corrected chi connectivity index (χ2v) is 8.41. The summed E-state index contributed by atoms with van der Waals surface area (Å²) in [5, 5.41) is 16.4. The molecule has 2 heterocycles. The van der Waals surface area contributed by atoms with Crippen LogP contribution in [0.2, 0.25) is 0 Å². The first-order valence-corrected chi connectivity index (χ1v) is 10.7. The van der Waals surface area contributed by atoms with Gasteiger partial charge in [0, 0.05) is 35.5 Å². The maximum absolute atomic E-state index is 12.5. The van der Waals surface area contributed by atoms with Crippen LogP contribution < -0.4 is 15.5 Å². The summed E-state index contributed by atoms with van der Waals surface area (Å²) in [6.07, 6.45) is 3.88. The zero-order chi connectivity index (χ0) is 21.5. The molecule has 2 amide bonds. The van der Waals surface area contributed by atoms with E-state index in [1.165, 1.54) is 0 Å². The largest absolute Gasteiger partial charge is 0.353 e. The Labute approximate surface area is 180 Å². The fraction of sp³-hybridized carbons (Fsp3) is 0.333. The second-order valence-electron chi connectivity index (χ2n) is 8.41. The van der Waals surface area contributed by atoms with Crippen LogP contribution in [0, 0.1) is 6.92 Å². The monoisotopic (exact) mass is 415 g/mol. The lowest BCUT2D eigenvalue weighted by Crippen LogP contribution is -2.54. The van der Waals surface area contributed by atoms with Gasteiger partial charge in [-0.25, -0.2) is 0 Å². The van der Waals surface area contributed by atoms with Crippen LogP contribution in [0.3, 0.4) is 0 Å². The normalized spacial score (nSPS) is 18.7. The summed E-state index contributed by atoms with van der Waals surface area (Å²) in [5.74, 6) is 0.703. The van der Waals surface area contributed by atoms with Gasteiger partial charge in [-0.2, -0.15) is 5.10 Å². The summed E-state index contributed by atoms with van der Waals surface area (Å²) in [6, 6.07) is 12.0. The lowest BCUT2D eigenvalue weighted by molar-refractivity contribution is -0.122. The molecule has 1 aliphatic carbocycles. The van der Waals surface area contributed by atoms with Crippen LogP contribution in [-0.2, 0) is 4.79 Å². The van der Waals surface area contributed by atoms with Gasteiger partial charge < -0.3 is 15.5 Å². The van der Waals surface area contributed by atoms with Crippen molar-refractivity contribution in [3.63, 3.8) is 0 Å². The SMILES string of the molecule is Cc1ccc(C(=O)NC2CC2)cc1-c1ccc2c(N3CCNC(=O)[C@H]3C)nncc2c1. The smallest absolute Gasteiger partial charge is 0.251 e. The Morgan fingerprint density at radius 3 is 2.84 bits per heavy atom. The van der Waals surface area contributed by atoms with E-state index in [4.69, 9.17) is 0 Å². The fourth-order valence-electron chi connectivity index (χ4n) is 4.09. The van der Waals surface area contributed by atoms with Crippen LogP contribution in [0.5, 0.6) is 0 Å². The molecule has 7 nitrogen and oxygen atoms in total. The van der Waals surface area contributed by atoms with E-state index in [-0.39, 0.29) is 17.9 Å². The number of fused-ring (bicyclic) bond motifs is 1. The molecule has 2 N–H and O–H groups in total. The number of aromatic nitrogens is 2. The third-order valence-electron chi connectivity index (χ3n) is 6.14. The van der Waals surface area contributed by atoms with Crippen molar-refractivity contribution in [3.05, 3.63) is 53.7 Å². The molecule has 5 rings (SSSR count). The van der Waals surface area contributed by atoms with Crippen molar-refractivity contribution in [1.82, 2.24) is 20.8 Å². The zero-order valence-corrected chi connectivity index (χ0v) is 17.7. The van der Waals surface area contributed by atoms with E-state index in [1.807, 2.05) is 49.1 Å². The van der Waals surface area contributed by atoms with Crippen LogP contribution in [0.25, 0.3) is 21.9 Å². The van der Waals surface area contributed by atoms with Crippen molar-refractivity contribution in [3.8, 4) is 11.1 Å². The van der Waals surface area contributed by atoms with Crippen molar-refractivity contribution < 1.29 is 9.59 Å². The summed E-state index contributed by atoms with van der Waals surface area (Å²) in [4.78, 5) is 26.6. The quantitative estimate of drug-likeness (QED) is 0.684. The Balaban J connectivity index is 1.52. The Hall–Kier alpha value is -3.48. The molecule has 0 bridgehead atoms. The molecule has 2 aliphatic rings. The highest BCUT2D eigenvalue weighted by molar-refractivity contribution is 5.98. The first-order valence-electron chi connectivity index (χ1n) is 10.7. The molecule has 1 atom stereocenters. The number of carbonyl (C=O) groups excluding carboxylic acids is 2. The van der Waals surface area contributed by atoms with Gasteiger partial charge in [-0.15, -0.1) is 5.10 Å². The van der Waals surface area contributed by atoms with E-state index in [1.54, 1.807) is 6.20 Å². The molecule has 1 aromatic heterocycles. The van der Waals surface area contributed by atoms with Crippen LogP contribution in [0.4, 0.5) is 5.82 Å². The van der Waals surface area contributed by atoms with Crippen molar-refractivity contribution in [1.29, 1.82) is 0 Å². The minimum absolute atomic E-state index is 0.00131. The highest BCUT2D eigenvalue weighted by Crippen LogP contribution is 2.32. The lowest BCUT2D eigenvalue weighted by atomic mass is 9.96. The summed E-state index contributed by atoms with van der Waals surface area (Å²) in [5.41, 5.74) is 3.82. The standard InChI is InChI=1S/C24H25N5O2/c1-14-3-4-17(24(31)27-19-6-7-19)12-21(14)16-5-8-20-18(11-16)13-26-28-22(20)29-10-9-25-23(30)15(29)2/h3-5,8,11-13,15,19H,6-7,9-10H2,1-2H3,(H,25,30)(H,27,31)/t15-/m1/s1. The first kappa shape index (κ1) is 19.5. The fourth-order valence-corrected chi connectivity index (χ4v) is 4.09. The van der Waals surface area contributed by atoms with E-state index in [0.717, 1.165) is 46.1 Å². The average Bonchev–Trinajstić information content (AvgIpc) is 3.59. The first-order chi connectivity index (χ1) is 15.0. The Morgan fingerprint density at radius 1 is 1.19 bits per heavy atom. The molecular formula is C24H25N5O2. The highest BCUT2D eigenvalue weighted by atomic mass is 16.2. The number of rotatable bonds is 4. The summed E-state index contributed by atoms with van der Waals surface area (Å²) in [6.45, 7) is 5.21. The minimum atomic E-state index is -0.294. The van der Waals surface area contributed by atoms with E-state index < -0.39 is 0 Å². The summed E-state index contributed by atoms with van der Waals surface area (Å²) >= 11 is 0. The molecule has 3 aromatic rings. The maximum atomic E-state index is 12.5. The number of anilines is 1. The number of hydrogen-bond donors (Lipinski definition) is 2. The van der Waals surface area contributed by atoms with Crippen LogP contribution in [0.1, 0.15) is 35.7 Å². The van der Waals surface area contributed by atoms with Gasteiger partial charge in [-0.05, 0) is 67.6 Å². The van der Waals surface area contributed by atoms with E-state index >= 15 is 0 Å². The number of aryl methyl sites for hydroxylation is 1. The van der Waals surface area contributed by atoms with E-state index in [2.05, 4.69) is 26.9 Å². The average molecular weight is 415 g/mol. The third kappa shape index (κ3) is 3.71. The van der Waals surface area contributed by atoms with Crippen LogP contribution in [-0.4, -0.2) is 47.2 Å². The molecule has 1 aliphatic heterocycles. The topological polar surface area (TPSA) is 87.2 Å². The number of carbonyl (C=O) groups is 2. The van der Waals surface area contributed by atoms with Crippen molar-refractivity contribution >= 4 is 28.4 Å². The summed E-state index contributed by atoms with van der Waals surface area (Å²) < 4.78 is 0. The van der Waals surface area contributed by atoms with Gasteiger partial charge in [-0.1, -0.05) is 12.1 Å². The highest BCUT2D eigenvalue weighted by Gasteiger charge is 2.28. The Bertz CT molecular complexity index is 1190. The molecule has 0 unspecified atom stereocenters. The van der Waals surface area contributed by atoms with Crippen LogP contribution >= 0.6 is 0 Å². The molecule has 158 valence electrons. The second kappa shape index (κ2) is 7.65. The third-order valence-corrected chi connectivity index (χ3v) is 6.14. The number of nitrogens with zero attached hydrogens (tertiary/aromatic N) is 3. The maximum Gasteiger partial charge on any atom is 0.251 e. The Morgan fingerprint density at radius 2 is 2.03 bits per heavy atom. The van der Waals surface area contributed by atoms with Gasteiger partial charge in [0.15, 0.2) is 5.82 Å². The predicted molar refractivity (Wildman–Crippen MR) is 120 cm³/mol. The molecular weight excluding hydrogens is 390 g/mol. The van der Waals surface area contributed by atoms with Gasteiger partial charge >= 0.3 is 0 Å². The van der Waals surface area contributed by atoms with Gasteiger partial charge in [0.1, 0.15) is 6.04 Å². The van der Waals surface area contributed by atoms with Gasteiger partial charge in [0.25, 0.3) is 5.91 Å². The van der Waals surface area contributed by atoms with Gasteiger partial charge in [0.2, 0.25) is 5.91 Å². The Kier molecular flexibility index (Phi) is 4.81. The molecule has 31 heavy (non-hydrogen) atoms. The van der Waals surface area contributed by atoms with Crippen LogP contribution in [0.15, 0.2) is 42.6 Å². The van der Waals surface area contributed by atoms with Gasteiger partial charge in [-0.3, -0.25) is 9.59 Å². The van der Waals surface area contributed by atoms with E-state index in [0.29, 0.717) is 24.7 Å². The number of amides is 2. The van der Waals surface area contributed by atoms with Gasteiger partial charge in [0.05, 0.1) is 6.20 Å². The number of piperazine rings is 1. The molecule has 2 fully saturated rings. The zero-order valence-electron chi connectivity index (χ0n) is 17.7. The van der Waals surface area contributed by atoms with Crippen molar-refractivity contribution in [2.45, 2.75) is 38.8 Å². The van der Waals surface area contributed by atoms with Crippen molar-refractivity contribution in [2.24, 2.45) is 0 Å². The van der Waals surface area contributed by atoms with Crippen molar-refractivity contribution in [2.75, 3.05) is 18.0 Å². The molecule has 0 radical (unpaired) electrons. The summed E-state index contributed by atoms with van der Waals surface area (Å²) in [7, 11) is 0. The lowest BCUT2D eigenvalue weighted by Gasteiger charge is -2.33. The number of benzene rings is 2. The predicted octanol–water partition coefficient (Wildman–Crippen LogP) is 2.82. The molecule has 1 saturated carbocycles. The molecule has 1 saturated heterocycles.